The molecule has 0 aliphatic carbocycles. The number of urea groups is 1. The molecule has 0 saturated carbocycles. The van der Waals surface area contributed by atoms with E-state index in [4.69, 9.17) is 4.74 Å². The number of pyridine rings is 1. The third-order valence-electron chi connectivity index (χ3n) is 5.72. The molecule has 3 aliphatic rings. The molecule has 0 radical (unpaired) electrons. The van der Waals surface area contributed by atoms with Crippen molar-refractivity contribution in [1.82, 2.24) is 9.88 Å². The summed E-state index contributed by atoms with van der Waals surface area (Å²) in [5, 5.41) is 0. The Morgan fingerprint density at radius 1 is 1.21 bits per heavy atom. The van der Waals surface area contributed by atoms with Crippen LogP contribution < -0.4 is 14.5 Å². The van der Waals surface area contributed by atoms with Gasteiger partial charge in [-0.2, -0.15) is 0 Å². The number of likely N-dealkylation sites (tertiary alicyclic amines) is 1. The molecule has 2 fully saturated rings. The Labute approximate surface area is 161 Å². The first kappa shape index (κ1) is 17.2. The Bertz CT molecular complexity index is 940. The van der Waals surface area contributed by atoms with Crippen LogP contribution in [0.4, 0.5) is 25.1 Å². The normalized spacial score (nSPS) is 22.2. The van der Waals surface area contributed by atoms with Gasteiger partial charge in [-0.25, -0.2) is 18.6 Å². The fourth-order valence-corrected chi connectivity index (χ4v) is 4.39. The second kappa shape index (κ2) is 6.05. The van der Waals surface area contributed by atoms with E-state index < -0.39 is 0 Å². The molecule has 8 heteroatoms. The molecule has 6 nitrogen and oxygen atoms in total. The van der Waals surface area contributed by atoms with Crippen LogP contribution in [0.1, 0.15) is 6.92 Å². The average Bonchev–Trinajstić information content (AvgIpc) is 2.60. The van der Waals surface area contributed by atoms with Crippen LogP contribution in [0.15, 0.2) is 36.5 Å². The lowest BCUT2D eigenvalue weighted by Gasteiger charge is -2.61. The number of halogens is 2. The summed E-state index contributed by atoms with van der Waals surface area (Å²) in [5.74, 6) is 0.0493. The largest absolute Gasteiger partial charge is 0.489 e. The standard InChI is InChI=1S/C20H20F2N4O2/c1-13-8-28-17-7-14(21)4-5-16(17)26(13)19(27)25-11-20(12-25)9-24(10-20)18-15(22)3-2-6-23-18/h2-7,13H,8-12H2,1H3. The van der Waals surface area contributed by atoms with Crippen molar-refractivity contribution in [2.75, 3.05) is 42.6 Å². The highest BCUT2D eigenvalue weighted by Gasteiger charge is 2.55. The highest BCUT2D eigenvalue weighted by Crippen LogP contribution is 2.43. The zero-order valence-corrected chi connectivity index (χ0v) is 15.4. The number of amides is 2. The van der Waals surface area contributed by atoms with E-state index in [1.165, 1.54) is 18.2 Å². The van der Waals surface area contributed by atoms with E-state index in [-0.39, 0.29) is 29.1 Å². The van der Waals surface area contributed by atoms with Crippen LogP contribution in [0.5, 0.6) is 5.75 Å². The third kappa shape index (κ3) is 2.58. The first-order valence-corrected chi connectivity index (χ1v) is 9.32. The maximum Gasteiger partial charge on any atom is 0.325 e. The monoisotopic (exact) mass is 386 g/mol. The van der Waals surface area contributed by atoms with Gasteiger partial charge in [-0.15, -0.1) is 0 Å². The van der Waals surface area contributed by atoms with Crippen molar-refractivity contribution in [3.8, 4) is 5.75 Å². The average molecular weight is 386 g/mol. The molecule has 0 N–H and O–H groups in total. The Kier molecular flexibility index (Phi) is 3.72. The zero-order valence-electron chi connectivity index (χ0n) is 15.4. The lowest BCUT2D eigenvalue weighted by atomic mass is 9.73. The van der Waals surface area contributed by atoms with Crippen LogP contribution in [0, 0.1) is 17.0 Å². The van der Waals surface area contributed by atoms with Gasteiger partial charge >= 0.3 is 6.03 Å². The van der Waals surface area contributed by atoms with Crippen molar-refractivity contribution < 1.29 is 18.3 Å². The van der Waals surface area contributed by atoms with Crippen LogP contribution in [0.2, 0.25) is 0 Å². The molecule has 2 aromatic rings. The predicted octanol–water partition coefficient (Wildman–Crippen LogP) is 2.89. The number of hydrogen-bond acceptors (Lipinski definition) is 4. The quantitative estimate of drug-likeness (QED) is 0.756. The van der Waals surface area contributed by atoms with Crippen LogP contribution >= 0.6 is 0 Å². The van der Waals surface area contributed by atoms with Gasteiger partial charge in [-0.05, 0) is 31.2 Å². The van der Waals surface area contributed by atoms with Crippen molar-refractivity contribution in [3.05, 3.63) is 48.2 Å². The molecule has 146 valence electrons. The molecule has 0 bridgehead atoms. The molecule has 1 aromatic carbocycles. The van der Waals surface area contributed by atoms with E-state index in [0.717, 1.165) is 0 Å². The number of benzene rings is 1. The molecule has 1 unspecified atom stereocenters. The molecule has 2 amide bonds. The van der Waals surface area contributed by atoms with Gasteiger partial charge in [0.05, 0.1) is 11.7 Å². The van der Waals surface area contributed by atoms with Crippen LogP contribution in [-0.4, -0.2) is 54.7 Å². The third-order valence-corrected chi connectivity index (χ3v) is 5.72. The van der Waals surface area contributed by atoms with E-state index in [0.29, 0.717) is 50.0 Å². The van der Waals surface area contributed by atoms with Crippen molar-refractivity contribution in [3.63, 3.8) is 0 Å². The van der Waals surface area contributed by atoms with E-state index in [1.54, 1.807) is 28.1 Å². The molecule has 5 rings (SSSR count). The first-order chi connectivity index (χ1) is 13.5. The van der Waals surface area contributed by atoms with Crippen molar-refractivity contribution in [2.24, 2.45) is 5.41 Å². The van der Waals surface area contributed by atoms with E-state index in [1.807, 2.05) is 11.8 Å². The van der Waals surface area contributed by atoms with Gasteiger partial charge < -0.3 is 14.5 Å². The van der Waals surface area contributed by atoms with E-state index in [9.17, 15) is 13.6 Å². The maximum atomic E-state index is 13.9. The van der Waals surface area contributed by atoms with Crippen LogP contribution in [-0.2, 0) is 0 Å². The number of carbonyl (C=O) groups excluding carboxylic acids is 1. The Morgan fingerprint density at radius 3 is 2.75 bits per heavy atom. The number of ether oxygens (including phenoxy) is 1. The second-order valence-corrected chi connectivity index (χ2v) is 7.95. The zero-order chi connectivity index (χ0) is 19.5. The number of aromatic nitrogens is 1. The lowest BCUT2D eigenvalue weighted by molar-refractivity contribution is 0.00822. The molecular formula is C20H20F2N4O2. The van der Waals surface area contributed by atoms with E-state index >= 15 is 0 Å². The first-order valence-electron chi connectivity index (χ1n) is 9.32. The smallest absolute Gasteiger partial charge is 0.325 e. The maximum absolute atomic E-state index is 13.9. The molecule has 28 heavy (non-hydrogen) atoms. The van der Waals surface area contributed by atoms with Gasteiger partial charge in [0.15, 0.2) is 11.6 Å². The molecular weight excluding hydrogens is 366 g/mol. The number of carbonyl (C=O) groups is 1. The summed E-state index contributed by atoms with van der Waals surface area (Å²) >= 11 is 0. The summed E-state index contributed by atoms with van der Waals surface area (Å²) in [6.45, 7) is 4.85. The van der Waals surface area contributed by atoms with Gasteiger partial charge in [-0.1, -0.05) is 0 Å². The van der Waals surface area contributed by atoms with Gasteiger partial charge in [0.25, 0.3) is 0 Å². The number of anilines is 2. The lowest BCUT2D eigenvalue weighted by Crippen LogP contribution is -2.74. The predicted molar refractivity (Wildman–Crippen MR) is 99.6 cm³/mol. The summed E-state index contributed by atoms with van der Waals surface area (Å²) in [6.07, 6.45) is 1.58. The van der Waals surface area contributed by atoms with Crippen LogP contribution in [0.3, 0.4) is 0 Å². The SMILES string of the molecule is CC1COc2cc(F)ccc2N1C(=O)N1CC2(C1)CN(c1ncccc1F)C2. The number of rotatable bonds is 1. The van der Waals surface area contributed by atoms with Crippen molar-refractivity contribution >= 4 is 17.5 Å². The number of fused-ring (bicyclic) bond motifs is 1. The van der Waals surface area contributed by atoms with Gasteiger partial charge in [0.1, 0.15) is 18.2 Å². The highest BCUT2D eigenvalue weighted by molar-refractivity contribution is 5.95. The molecule has 4 heterocycles. The second-order valence-electron chi connectivity index (χ2n) is 7.95. The number of hydrogen-bond donors (Lipinski definition) is 0. The Morgan fingerprint density at radius 2 is 2.00 bits per heavy atom. The fourth-order valence-electron chi connectivity index (χ4n) is 4.39. The summed E-state index contributed by atoms with van der Waals surface area (Å²) in [4.78, 5) is 22.6. The minimum atomic E-state index is -0.389. The van der Waals surface area contributed by atoms with Gasteiger partial charge in [0.2, 0.25) is 0 Å². The van der Waals surface area contributed by atoms with Crippen molar-refractivity contribution in [1.29, 1.82) is 0 Å². The van der Waals surface area contributed by atoms with Crippen LogP contribution in [0.25, 0.3) is 0 Å². The van der Waals surface area contributed by atoms with E-state index in [2.05, 4.69) is 4.98 Å². The molecule has 1 atom stereocenters. The topological polar surface area (TPSA) is 48.9 Å². The minimum absolute atomic E-state index is 0.000766. The molecule has 2 saturated heterocycles. The minimum Gasteiger partial charge on any atom is -0.489 e. The van der Waals surface area contributed by atoms with Gasteiger partial charge in [0, 0.05) is 43.9 Å². The summed E-state index contributed by atoms with van der Waals surface area (Å²) in [5.41, 5.74) is 0.595. The van der Waals surface area contributed by atoms with Gasteiger partial charge in [-0.3, -0.25) is 4.90 Å². The Balaban J connectivity index is 1.26. The summed E-state index contributed by atoms with van der Waals surface area (Å²) < 4.78 is 32.9. The highest BCUT2D eigenvalue weighted by atomic mass is 19.1. The summed E-state index contributed by atoms with van der Waals surface area (Å²) in [7, 11) is 0. The van der Waals surface area contributed by atoms with Crippen molar-refractivity contribution in [2.45, 2.75) is 13.0 Å². The summed E-state index contributed by atoms with van der Waals surface area (Å²) in [6, 6.07) is 6.98. The Hall–Kier alpha value is -2.90. The molecule has 1 spiro atoms. The molecule has 3 aliphatic heterocycles. The fraction of sp³-hybridized carbons (Fsp3) is 0.400. The molecule has 1 aromatic heterocycles. The number of nitrogens with zero attached hydrogens (tertiary/aromatic N) is 4.